The van der Waals surface area contributed by atoms with Gasteiger partial charge in [-0.3, -0.25) is 19.2 Å². The SMILES string of the molecule is CC(=O)Nc1ccc(NC(=O)C2CC(=O)N(c3ccc(NC(C)=O)cc3)C2)cc1. The first-order chi connectivity index (χ1) is 13.8. The minimum Gasteiger partial charge on any atom is -0.326 e. The largest absolute Gasteiger partial charge is 0.326 e. The molecule has 2 aromatic carbocycles. The van der Waals surface area contributed by atoms with E-state index in [1.165, 1.54) is 13.8 Å². The molecule has 0 radical (unpaired) electrons. The highest BCUT2D eigenvalue weighted by Crippen LogP contribution is 2.27. The van der Waals surface area contributed by atoms with Gasteiger partial charge in [0.25, 0.3) is 0 Å². The Balaban J connectivity index is 1.61. The zero-order chi connectivity index (χ0) is 21.0. The Morgan fingerprint density at radius 3 is 1.72 bits per heavy atom. The molecular weight excluding hydrogens is 372 g/mol. The fourth-order valence-electron chi connectivity index (χ4n) is 3.15. The van der Waals surface area contributed by atoms with E-state index in [0.29, 0.717) is 22.7 Å². The van der Waals surface area contributed by atoms with Crippen LogP contribution in [0.4, 0.5) is 22.7 Å². The number of carbonyl (C=O) groups is 4. The molecule has 0 aliphatic carbocycles. The van der Waals surface area contributed by atoms with Crippen LogP contribution in [-0.2, 0) is 19.2 Å². The zero-order valence-corrected chi connectivity index (χ0v) is 16.2. The molecule has 1 aliphatic rings. The molecular formula is C21H22N4O4. The molecule has 150 valence electrons. The van der Waals surface area contributed by atoms with Crippen molar-refractivity contribution < 1.29 is 19.2 Å². The second-order valence-corrected chi connectivity index (χ2v) is 6.88. The van der Waals surface area contributed by atoms with Crippen molar-refractivity contribution in [3.63, 3.8) is 0 Å². The van der Waals surface area contributed by atoms with Crippen molar-refractivity contribution in [3.05, 3.63) is 48.5 Å². The average molecular weight is 394 g/mol. The van der Waals surface area contributed by atoms with Crippen LogP contribution in [0.1, 0.15) is 20.3 Å². The van der Waals surface area contributed by atoms with E-state index >= 15 is 0 Å². The Bertz CT molecular complexity index is 938. The fourth-order valence-corrected chi connectivity index (χ4v) is 3.15. The molecule has 2 aromatic rings. The van der Waals surface area contributed by atoms with E-state index < -0.39 is 5.92 Å². The fraction of sp³-hybridized carbons (Fsp3) is 0.238. The lowest BCUT2D eigenvalue weighted by molar-refractivity contribution is -0.122. The lowest BCUT2D eigenvalue weighted by Gasteiger charge is -2.17. The highest BCUT2D eigenvalue weighted by molar-refractivity contribution is 6.03. The van der Waals surface area contributed by atoms with Gasteiger partial charge in [0.15, 0.2) is 0 Å². The van der Waals surface area contributed by atoms with Crippen LogP contribution in [-0.4, -0.2) is 30.2 Å². The Hall–Kier alpha value is -3.68. The van der Waals surface area contributed by atoms with Crippen molar-refractivity contribution in [1.82, 2.24) is 0 Å². The van der Waals surface area contributed by atoms with Gasteiger partial charge in [0, 0.05) is 49.6 Å². The molecule has 1 fully saturated rings. The lowest BCUT2D eigenvalue weighted by atomic mass is 10.1. The van der Waals surface area contributed by atoms with Gasteiger partial charge in [-0.25, -0.2) is 0 Å². The number of nitrogens with zero attached hydrogens (tertiary/aromatic N) is 1. The number of hydrogen-bond acceptors (Lipinski definition) is 4. The maximum absolute atomic E-state index is 12.6. The molecule has 1 atom stereocenters. The first-order valence-corrected chi connectivity index (χ1v) is 9.18. The lowest BCUT2D eigenvalue weighted by Crippen LogP contribution is -2.28. The summed E-state index contributed by atoms with van der Waals surface area (Å²) >= 11 is 0. The van der Waals surface area contributed by atoms with Crippen molar-refractivity contribution in [3.8, 4) is 0 Å². The van der Waals surface area contributed by atoms with Gasteiger partial charge in [-0.2, -0.15) is 0 Å². The summed E-state index contributed by atoms with van der Waals surface area (Å²) in [5.41, 5.74) is 2.55. The van der Waals surface area contributed by atoms with E-state index in [0.717, 1.165) is 0 Å². The predicted octanol–water partition coefficient (Wildman–Crippen LogP) is 2.60. The molecule has 3 rings (SSSR count). The molecule has 0 aromatic heterocycles. The highest BCUT2D eigenvalue weighted by Gasteiger charge is 2.35. The van der Waals surface area contributed by atoms with Crippen LogP contribution in [0.5, 0.6) is 0 Å². The second-order valence-electron chi connectivity index (χ2n) is 6.88. The average Bonchev–Trinajstić information content (AvgIpc) is 3.05. The summed E-state index contributed by atoms with van der Waals surface area (Å²) in [7, 11) is 0. The molecule has 0 bridgehead atoms. The first kappa shape index (κ1) is 20.1. The molecule has 1 unspecified atom stereocenters. The van der Waals surface area contributed by atoms with Crippen LogP contribution >= 0.6 is 0 Å². The summed E-state index contributed by atoms with van der Waals surface area (Å²) in [5, 5.41) is 8.14. The molecule has 1 heterocycles. The van der Waals surface area contributed by atoms with Gasteiger partial charge < -0.3 is 20.9 Å². The molecule has 8 nitrogen and oxygen atoms in total. The maximum atomic E-state index is 12.6. The van der Waals surface area contributed by atoms with E-state index in [1.54, 1.807) is 53.4 Å². The van der Waals surface area contributed by atoms with E-state index in [9.17, 15) is 19.2 Å². The summed E-state index contributed by atoms with van der Waals surface area (Å²) in [6.07, 6.45) is 0.128. The second kappa shape index (κ2) is 8.55. The Labute approximate surface area is 168 Å². The Kier molecular flexibility index (Phi) is 5.92. The van der Waals surface area contributed by atoms with E-state index in [1.807, 2.05) is 0 Å². The summed E-state index contributed by atoms with van der Waals surface area (Å²) < 4.78 is 0. The van der Waals surface area contributed by atoms with E-state index in [2.05, 4.69) is 16.0 Å². The van der Waals surface area contributed by atoms with Crippen LogP contribution in [0.15, 0.2) is 48.5 Å². The van der Waals surface area contributed by atoms with Gasteiger partial charge >= 0.3 is 0 Å². The van der Waals surface area contributed by atoms with E-state index in [-0.39, 0.29) is 36.6 Å². The van der Waals surface area contributed by atoms with Crippen molar-refractivity contribution in [2.24, 2.45) is 5.92 Å². The van der Waals surface area contributed by atoms with Crippen LogP contribution in [0.25, 0.3) is 0 Å². The van der Waals surface area contributed by atoms with Gasteiger partial charge in [0.05, 0.1) is 5.92 Å². The minimum absolute atomic E-state index is 0.126. The van der Waals surface area contributed by atoms with Crippen LogP contribution < -0.4 is 20.9 Å². The molecule has 1 aliphatic heterocycles. The Morgan fingerprint density at radius 2 is 1.24 bits per heavy atom. The molecule has 4 amide bonds. The van der Waals surface area contributed by atoms with Crippen molar-refractivity contribution >= 4 is 46.4 Å². The molecule has 8 heteroatoms. The van der Waals surface area contributed by atoms with Gasteiger partial charge in [-0.05, 0) is 48.5 Å². The number of carbonyl (C=O) groups excluding carboxylic acids is 4. The standard InChI is InChI=1S/C21H22N4O4/c1-13(26)22-16-3-5-18(6-4-16)24-21(29)15-11-20(28)25(12-15)19-9-7-17(8-10-19)23-14(2)27/h3-10,15H,11-12H2,1-2H3,(H,22,26)(H,23,27)(H,24,29). The third kappa shape index (κ3) is 5.19. The molecule has 1 saturated heterocycles. The number of anilines is 4. The third-order valence-corrected chi connectivity index (χ3v) is 4.47. The first-order valence-electron chi connectivity index (χ1n) is 9.18. The van der Waals surface area contributed by atoms with Crippen LogP contribution in [0.2, 0.25) is 0 Å². The number of nitrogens with one attached hydrogen (secondary N) is 3. The predicted molar refractivity (Wildman–Crippen MR) is 111 cm³/mol. The maximum Gasteiger partial charge on any atom is 0.229 e. The normalized spacial score (nSPS) is 15.7. The molecule has 3 N–H and O–H groups in total. The van der Waals surface area contributed by atoms with Crippen molar-refractivity contribution in [2.75, 3.05) is 27.4 Å². The molecule has 0 saturated carbocycles. The summed E-state index contributed by atoms with van der Waals surface area (Å²) in [6, 6.07) is 13.7. The van der Waals surface area contributed by atoms with Crippen molar-refractivity contribution in [1.29, 1.82) is 0 Å². The third-order valence-electron chi connectivity index (χ3n) is 4.47. The molecule has 29 heavy (non-hydrogen) atoms. The minimum atomic E-state index is -0.465. The van der Waals surface area contributed by atoms with Crippen molar-refractivity contribution in [2.45, 2.75) is 20.3 Å². The summed E-state index contributed by atoms with van der Waals surface area (Å²) in [4.78, 5) is 48.7. The smallest absolute Gasteiger partial charge is 0.229 e. The summed E-state index contributed by atoms with van der Waals surface area (Å²) in [6.45, 7) is 3.13. The quantitative estimate of drug-likeness (QED) is 0.724. The monoisotopic (exact) mass is 394 g/mol. The zero-order valence-electron chi connectivity index (χ0n) is 16.2. The Morgan fingerprint density at radius 1 is 0.793 bits per heavy atom. The van der Waals surface area contributed by atoms with Crippen LogP contribution in [0.3, 0.4) is 0 Å². The number of rotatable bonds is 5. The topological polar surface area (TPSA) is 108 Å². The van der Waals surface area contributed by atoms with Crippen LogP contribution in [0, 0.1) is 5.92 Å². The molecule has 0 spiro atoms. The summed E-state index contributed by atoms with van der Waals surface area (Å²) in [5.74, 6) is -1.16. The van der Waals surface area contributed by atoms with Gasteiger partial charge in [0.2, 0.25) is 23.6 Å². The number of amides is 4. The van der Waals surface area contributed by atoms with Gasteiger partial charge in [0.1, 0.15) is 0 Å². The van der Waals surface area contributed by atoms with Gasteiger partial charge in [-0.1, -0.05) is 0 Å². The number of benzene rings is 2. The van der Waals surface area contributed by atoms with E-state index in [4.69, 9.17) is 0 Å². The number of hydrogen-bond donors (Lipinski definition) is 3. The highest BCUT2D eigenvalue weighted by atomic mass is 16.2. The van der Waals surface area contributed by atoms with Gasteiger partial charge in [-0.15, -0.1) is 0 Å².